The van der Waals surface area contributed by atoms with Gasteiger partial charge >= 0.3 is 5.91 Å². The number of rotatable bonds is 11. The third-order valence-electron chi connectivity index (χ3n) is 2.52. The highest BCUT2D eigenvalue weighted by molar-refractivity contribution is 7.97. The van der Waals surface area contributed by atoms with Crippen LogP contribution in [0.25, 0.3) is 0 Å². The Bertz CT molecular complexity index is 285. The van der Waals surface area contributed by atoms with Gasteiger partial charge in [-0.2, -0.15) is 0 Å². The van der Waals surface area contributed by atoms with Gasteiger partial charge in [-0.05, 0) is 12.8 Å². The molecule has 0 unspecified atom stereocenters. The smallest absolute Gasteiger partial charge is 0.370 e. The fourth-order valence-corrected chi connectivity index (χ4v) is 1.82. The second kappa shape index (κ2) is 11.2. The van der Waals surface area contributed by atoms with E-state index in [1.54, 1.807) is 0 Å². The molecule has 0 aliphatic carbocycles. The van der Waals surface area contributed by atoms with E-state index in [-0.39, 0.29) is 18.2 Å². The van der Waals surface area contributed by atoms with E-state index in [2.05, 4.69) is 0 Å². The first kappa shape index (κ1) is 17.1. The molecule has 0 saturated heterocycles. The first-order chi connectivity index (χ1) is 8.57. The quantitative estimate of drug-likeness (QED) is 0.334. The summed E-state index contributed by atoms with van der Waals surface area (Å²) in [6.07, 6.45) is 5.91. The number of primary amides is 1. The molecule has 7 heteroatoms. The maximum Gasteiger partial charge on any atom is 0.444 e. The summed E-state index contributed by atoms with van der Waals surface area (Å²) in [6, 6.07) is 0. The third-order valence-corrected chi connectivity index (χ3v) is 2.93. The lowest BCUT2D eigenvalue weighted by Gasteiger charge is -1.98. The van der Waals surface area contributed by atoms with E-state index in [9.17, 15) is 14.5 Å². The Hall–Kier alpha value is -0.950. The fourth-order valence-electron chi connectivity index (χ4n) is 1.53. The zero-order valence-electron chi connectivity index (χ0n) is 10.6. The Balaban J connectivity index is 3.32. The van der Waals surface area contributed by atoms with Crippen molar-refractivity contribution >= 4 is 23.8 Å². The Morgan fingerprint density at radius 1 is 1.00 bits per heavy atom. The number of hydrogen-bond donors (Lipinski definition) is 2. The molecule has 0 saturated carbocycles. The van der Waals surface area contributed by atoms with Crippen LogP contribution in [0.4, 0.5) is 0 Å². The Kier molecular flexibility index (Phi) is 10.6. The molecule has 0 aromatic carbocycles. The molecule has 0 aromatic heterocycles. The molecular formula is C11H22N3O3S+. The molecule has 0 bridgehead atoms. The lowest BCUT2D eigenvalue weighted by molar-refractivity contribution is -0.467. The Morgan fingerprint density at radius 3 is 2.11 bits per heavy atom. The van der Waals surface area contributed by atoms with E-state index < -0.39 is 5.91 Å². The Morgan fingerprint density at radius 2 is 1.56 bits per heavy atom. The minimum atomic E-state index is -0.469. The highest BCUT2D eigenvalue weighted by Gasteiger charge is 2.20. The predicted octanol–water partition coefficient (Wildman–Crippen LogP) is 1.11. The zero-order chi connectivity index (χ0) is 13.8. The summed E-state index contributed by atoms with van der Waals surface area (Å²) in [6.45, 7) is 0.237. The van der Waals surface area contributed by atoms with Crippen LogP contribution in [0.5, 0.6) is 0 Å². The monoisotopic (exact) mass is 276 g/mol. The second-order valence-corrected chi connectivity index (χ2v) is 4.77. The van der Waals surface area contributed by atoms with Crippen molar-refractivity contribution in [3.63, 3.8) is 0 Å². The number of nitrogens with two attached hydrogens (primary N) is 2. The van der Waals surface area contributed by atoms with Gasteiger partial charge in [0.05, 0.1) is 4.76 Å². The van der Waals surface area contributed by atoms with Gasteiger partial charge in [-0.15, -0.1) is 0 Å². The molecule has 18 heavy (non-hydrogen) atoms. The van der Waals surface area contributed by atoms with E-state index in [1.807, 2.05) is 0 Å². The summed E-state index contributed by atoms with van der Waals surface area (Å²) >= 11 is 0.864. The lowest BCUT2D eigenvalue weighted by Crippen LogP contribution is -2.21. The fraction of sp³-hybridized carbons (Fsp3) is 0.818. The van der Waals surface area contributed by atoms with E-state index in [0.29, 0.717) is 17.6 Å². The molecule has 0 aromatic rings. The molecule has 0 aliphatic heterocycles. The van der Waals surface area contributed by atoms with Crippen LogP contribution in [0, 0.1) is 4.91 Å². The number of amides is 2. The molecule has 0 spiro atoms. The highest BCUT2D eigenvalue weighted by atomic mass is 32.2. The predicted molar refractivity (Wildman–Crippen MR) is 71.7 cm³/mol. The van der Waals surface area contributed by atoms with Crippen molar-refractivity contribution in [2.24, 2.45) is 10.9 Å². The van der Waals surface area contributed by atoms with Crippen LogP contribution < -0.4 is 10.9 Å². The van der Waals surface area contributed by atoms with Gasteiger partial charge in [0.25, 0.3) is 0 Å². The molecule has 4 N–H and O–H groups in total. The molecule has 0 rings (SSSR count). The molecule has 0 atom stereocenters. The maximum absolute atomic E-state index is 11.2. The van der Waals surface area contributed by atoms with Crippen LogP contribution in [-0.4, -0.2) is 28.9 Å². The van der Waals surface area contributed by atoms with Crippen molar-refractivity contribution < 1.29 is 14.3 Å². The molecule has 0 fully saturated rings. The molecular weight excluding hydrogens is 254 g/mol. The van der Waals surface area contributed by atoms with Crippen molar-refractivity contribution in [1.29, 1.82) is 0 Å². The van der Waals surface area contributed by atoms with Crippen molar-refractivity contribution in [1.82, 2.24) is 0 Å². The van der Waals surface area contributed by atoms with Crippen molar-refractivity contribution in [2.45, 2.75) is 44.9 Å². The number of nitrogens with zero attached hydrogens (tertiary/aromatic N) is 1. The van der Waals surface area contributed by atoms with Crippen LogP contribution in [0.15, 0.2) is 0 Å². The lowest BCUT2D eigenvalue weighted by atomic mass is 10.1. The average molecular weight is 276 g/mol. The minimum Gasteiger partial charge on any atom is -0.370 e. The molecule has 6 nitrogen and oxygen atoms in total. The summed E-state index contributed by atoms with van der Waals surface area (Å²) in [5.41, 5.74) is 5.02. The molecule has 104 valence electrons. The first-order valence-electron chi connectivity index (χ1n) is 6.15. The van der Waals surface area contributed by atoms with Crippen LogP contribution >= 0.6 is 11.9 Å². The topological polar surface area (TPSA) is 106 Å². The van der Waals surface area contributed by atoms with Crippen molar-refractivity contribution in [3.8, 4) is 0 Å². The van der Waals surface area contributed by atoms with Crippen molar-refractivity contribution in [2.75, 3.05) is 12.3 Å². The molecule has 0 aliphatic rings. The third kappa shape index (κ3) is 10.2. The van der Waals surface area contributed by atoms with Gasteiger partial charge in [0, 0.05) is 17.7 Å². The van der Waals surface area contributed by atoms with Gasteiger partial charge < -0.3 is 5.73 Å². The van der Waals surface area contributed by atoms with Crippen LogP contribution in [0.2, 0.25) is 0 Å². The van der Waals surface area contributed by atoms with Crippen LogP contribution in [-0.2, 0) is 9.59 Å². The highest BCUT2D eigenvalue weighted by Crippen LogP contribution is 2.07. The van der Waals surface area contributed by atoms with E-state index in [4.69, 9.17) is 10.9 Å². The van der Waals surface area contributed by atoms with Gasteiger partial charge in [0.2, 0.25) is 12.5 Å². The van der Waals surface area contributed by atoms with E-state index in [1.165, 1.54) is 0 Å². The normalized spacial score (nSPS) is 10.3. The number of nitroso groups, excluding NO2 is 1. The minimum absolute atomic E-state index is 0.0383. The standard InChI is InChI=1S/C11H21N3O3S/c12-10(15)7-5-3-1-2-4-6-8-14(17)11(16)9-18-13/h1-9,13H2,(H-,12,15)/p+1. The van der Waals surface area contributed by atoms with E-state index in [0.717, 1.165) is 44.1 Å². The van der Waals surface area contributed by atoms with Crippen LogP contribution in [0.3, 0.4) is 0 Å². The van der Waals surface area contributed by atoms with Gasteiger partial charge in [-0.3, -0.25) is 9.93 Å². The number of carbonyl (C=O) groups excluding carboxylic acids is 2. The Labute approximate surface area is 112 Å². The SMILES string of the molecule is NSCC(=O)[N+](=O)CCCCCCCCC(N)=O. The maximum atomic E-state index is 11.2. The zero-order valence-corrected chi connectivity index (χ0v) is 11.4. The molecule has 2 amide bonds. The number of carbonyl (C=O) groups is 2. The second-order valence-electron chi connectivity index (χ2n) is 4.14. The van der Waals surface area contributed by atoms with Gasteiger partial charge in [0.15, 0.2) is 0 Å². The molecule has 0 radical (unpaired) electrons. The summed E-state index contributed by atoms with van der Waals surface area (Å²) in [7, 11) is 0. The number of unbranched alkanes of at least 4 members (excludes halogenated alkanes) is 5. The van der Waals surface area contributed by atoms with Gasteiger partial charge in [0.1, 0.15) is 5.75 Å². The number of hydrogen-bond acceptors (Lipinski definition) is 5. The van der Waals surface area contributed by atoms with E-state index >= 15 is 0 Å². The van der Waals surface area contributed by atoms with Gasteiger partial charge in [-0.25, -0.2) is 4.79 Å². The van der Waals surface area contributed by atoms with Crippen molar-refractivity contribution in [3.05, 3.63) is 4.91 Å². The average Bonchev–Trinajstić information content (AvgIpc) is 2.32. The summed E-state index contributed by atoms with van der Waals surface area (Å²) < 4.78 is 0.479. The largest absolute Gasteiger partial charge is 0.444 e. The van der Waals surface area contributed by atoms with Crippen LogP contribution in [0.1, 0.15) is 44.9 Å². The summed E-state index contributed by atoms with van der Waals surface area (Å²) in [4.78, 5) is 32.7. The van der Waals surface area contributed by atoms with Gasteiger partial charge in [-0.1, -0.05) is 31.2 Å². The molecule has 0 heterocycles. The summed E-state index contributed by atoms with van der Waals surface area (Å²) in [5, 5.41) is 5.11. The summed E-state index contributed by atoms with van der Waals surface area (Å²) in [5.74, 6) is -0.686. The first-order valence-corrected chi connectivity index (χ1v) is 7.20.